The molecule has 1 aliphatic rings. The quantitative estimate of drug-likeness (QED) is 0.528. The van der Waals surface area contributed by atoms with E-state index in [1.54, 1.807) is 0 Å². The number of aryl methyl sites for hydroxylation is 2. The second-order valence-electron chi connectivity index (χ2n) is 6.77. The van der Waals surface area contributed by atoms with Crippen LogP contribution in [0.2, 0.25) is 0 Å². The molecule has 0 saturated heterocycles. The van der Waals surface area contributed by atoms with E-state index in [1.807, 2.05) is 0 Å². The van der Waals surface area contributed by atoms with Crippen LogP contribution < -0.4 is 5.32 Å². The summed E-state index contributed by atoms with van der Waals surface area (Å²) in [5, 5.41) is 3.80. The summed E-state index contributed by atoms with van der Waals surface area (Å²) in [4.78, 5) is 4.89. The molecule has 2 rings (SSSR count). The average molecular weight is 327 g/mol. The Morgan fingerprint density at radius 3 is 2.33 bits per heavy atom. The van der Waals surface area contributed by atoms with Gasteiger partial charge in [-0.25, -0.2) is 0 Å². The minimum atomic E-state index is 0.962. The first-order valence-electron chi connectivity index (χ1n) is 9.91. The number of unbranched alkanes of at least 4 members (excludes halogenated alkanes) is 1. The van der Waals surface area contributed by atoms with Gasteiger partial charge in [-0.2, -0.15) is 0 Å². The lowest BCUT2D eigenvalue weighted by molar-refractivity contribution is 0.795. The third kappa shape index (κ3) is 5.22. The highest BCUT2D eigenvalue weighted by Crippen LogP contribution is 2.27. The molecule has 2 heteroatoms. The molecular formula is C22H34N2. The van der Waals surface area contributed by atoms with E-state index < -0.39 is 0 Å². The summed E-state index contributed by atoms with van der Waals surface area (Å²) in [6.45, 7) is 7.71. The Bertz CT molecular complexity index is 545. The van der Waals surface area contributed by atoms with Crippen molar-refractivity contribution in [2.75, 3.05) is 11.9 Å². The van der Waals surface area contributed by atoms with E-state index in [0.717, 1.165) is 32.2 Å². The molecule has 0 fully saturated rings. The lowest BCUT2D eigenvalue weighted by Gasteiger charge is -2.22. The van der Waals surface area contributed by atoms with Crippen molar-refractivity contribution in [3.8, 4) is 0 Å². The summed E-state index contributed by atoms with van der Waals surface area (Å²) in [5.74, 6) is 0. The van der Waals surface area contributed by atoms with E-state index >= 15 is 0 Å². The maximum atomic E-state index is 4.89. The largest absolute Gasteiger partial charge is 0.354 e. The first kappa shape index (κ1) is 18.8. The van der Waals surface area contributed by atoms with Crippen molar-refractivity contribution in [1.29, 1.82) is 0 Å². The second-order valence-corrected chi connectivity index (χ2v) is 6.77. The Morgan fingerprint density at radius 1 is 1.00 bits per heavy atom. The fraction of sp³-hybridized carbons (Fsp3) is 0.591. The molecule has 2 nitrogen and oxygen atoms in total. The van der Waals surface area contributed by atoms with Gasteiger partial charge in [0.2, 0.25) is 0 Å². The van der Waals surface area contributed by atoms with Crippen LogP contribution in [0, 0.1) is 0 Å². The number of benzene rings is 1. The van der Waals surface area contributed by atoms with Crippen LogP contribution in [-0.4, -0.2) is 12.3 Å². The van der Waals surface area contributed by atoms with Crippen molar-refractivity contribution in [1.82, 2.24) is 0 Å². The molecular weight excluding hydrogens is 292 g/mol. The van der Waals surface area contributed by atoms with Gasteiger partial charge in [-0.3, -0.25) is 4.99 Å². The van der Waals surface area contributed by atoms with Gasteiger partial charge < -0.3 is 5.32 Å². The molecule has 1 aromatic rings. The Hall–Kier alpha value is -1.57. The summed E-state index contributed by atoms with van der Waals surface area (Å²) in [6, 6.07) is 6.78. The van der Waals surface area contributed by atoms with Crippen molar-refractivity contribution >= 4 is 11.4 Å². The second kappa shape index (κ2) is 10.3. The molecule has 1 aromatic carbocycles. The molecule has 0 saturated carbocycles. The highest BCUT2D eigenvalue weighted by atomic mass is 14.9. The molecule has 0 atom stereocenters. The normalized spacial score (nSPS) is 16.3. The monoisotopic (exact) mass is 326 g/mol. The number of allylic oxidation sites excluding steroid dienone is 2. The Morgan fingerprint density at radius 2 is 1.71 bits per heavy atom. The van der Waals surface area contributed by atoms with Gasteiger partial charge >= 0.3 is 0 Å². The number of para-hydroxylation sites is 1. The number of hydrogen-bond donors (Lipinski definition) is 1. The molecule has 0 spiro atoms. The third-order valence-corrected chi connectivity index (χ3v) is 4.63. The van der Waals surface area contributed by atoms with Crippen molar-refractivity contribution in [2.24, 2.45) is 4.99 Å². The van der Waals surface area contributed by atoms with Crippen LogP contribution in [0.5, 0.6) is 0 Å². The summed E-state index contributed by atoms with van der Waals surface area (Å²) in [5.41, 5.74) is 6.78. The van der Waals surface area contributed by atoms with Crippen LogP contribution in [0.4, 0.5) is 5.69 Å². The van der Waals surface area contributed by atoms with Gasteiger partial charge in [0.05, 0.1) is 11.4 Å². The topological polar surface area (TPSA) is 24.4 Å². The van der Waals surface area contributed by atoms with E-state index in [4.69, 9.17) is 4.99 Å². The molecule has 0 aromatic heterocycles. The smallest absolute Gasteiger partial charge is 0.0579 e. The molecule has 1 N–H and O–H groups in total. The number of nitrogens with one attached hydrogen (secondary N) is 1. The molecule has 0 radical (unpaired) electrons. The molecule has 1 aliphatic carbocycles. The Balaban J connectivity index is 2.26. The SMILES string of the molecule is CCCCN=C1CCCC=C1Nc1c(CCC)cccc1CCC. The zero-order chi connectivity index (χ0) is 17.2. The lowest BCUT2D eigenvalue weighted by Crippen LogP contribution is -2.17. The standard InChI is InChI=1S/C22H34N2/c1-4-7-17-23-20-15-8-9-16-21(20)24-22-18(11-5-2)13-10-14-19(22)12-6-3/h10,13-14,16,24H,4-9,11-12,15,17H2,1-3H3. The van der Waals surface area contributed by atoms with Crippen LogP contribution in [0.3, 0.4) is 0 Å². The highest BCUT2D eigenvalue weighted by Gasteiger charge is 2.15. The van der Waals surface area contributed by atoms with E-state index in [2.05, 4.69) is 50.4 Å². The minimum Gasteiger partial charge on any atom is -0.354 e. The van der Waals surface area contributed by atoms with Gasteiger partial charge in [-0.05, 0) is 49.7 Å². The number of anilines is 1. The molecule has 0 bridgehead atoms. The molecule has 132 valence electrons. The third-order valence-electron chi connectivity index (χ3n) is 4.63. The Kier molecular flexibility index (Phi) is 8.07. The fourth-order valence-corrected chi connectivity index (χ4v) is 3.33. The summed E-state index contributed by atoms with van der Waals surface area (Å²) in [7, 11) is 0. The number of aliphatic imine (C=N–C) groups is 1. The van der Waals surface area contributed by atoms with Crippen LogP contribution >= 0.6 is 0 Å². The summed E-state index contributed by atoms with van der Waals surface area (Å²) < 4.78 is 0. The predicted octanol–water partition coefficient (Wildman–Crippen LogP) is 6.31. The van der Waals surface area contributed by atoms with E-state index in [1.165, 1.54) is 60.3 Å². The molecule has 0 amide bonds. The van der Waals surface area contributed by atoms with E-state index in [0.29, 0.717) is 0 Å². The molecule has 24 heavy (non-hydrogen) atoms. The molecule has 0 aliphatic heterocycles. The van der Waals surface area contributed by atoms with Gasteiger partial charge in [0.1, 0.15) is 0 Å². The van der Waals surface area contributed by atoms with Crippen LogP contribution in [0.1, 0.15) is 76.8 Å². The lowest BCUT2D eigenvalue weighted by atomic mass is 9.97. The average Bonchev–Trinajstić information content (AvgIpc) is 2.59. The van der Waals surface area contributed by atoms with Gasteiger partial charge in [-0.15, -0.1) is 0 Å². The number of rotatable bonds is 9. The first-order valence-corrected chi connectivity index (χ1v) is 9.91. The van der Waals surface area contributed by atoms with Crippen LogP contribution in [-0.2, 0) is 12.8 Å². The van der Waals surface area contributed by atoms with E-state index in [-0.39, 0.29) is 0 Å². The first-order chi connectivity index (χ1) is 11.8. The number of nitrogens with zero attached hydrogens (tertiary/aromatic N) is 1. The maximum Gasteiger partial charge on any atom is 0.0579 e. The molecule has 0 heterocycles. The Labute approximate surface area is 148 Å². The van der Waals surface area contributed by atoms with E-state index in [9.17, 15) is 0 Å². The van der Waals surface area contributed by atoms with Crippen LogP contribution in [0.25, 0.3) is 0 Å². The van der Waals surface area contributed by atoms with Gasteiger partial charge in [0, 0.05) is 12.2 Å². The van der Waals surface area contributed by atoms with Crippen LogP contribution in [0.15, 0.2) is 35.0 Å². The maximum absolute atomic E-state index is 4.89. The van der Waals surface area contributed by atoms with Crippen molar-refractivity contribution in [3.05, 3.63) is 41.1 Å². The predicted molar refractivity (Wildman–Crippen MR) is 107 cm³/mol. The highest BCUT2D eigenvalue weighted by molar-refractivity contribution is 6.03. The van der Waals surface area contributed by atoms with Crippen molar-refractivity contribution in [2.45, 2.75) is 78.6 Å². The summed E-state index contributed by atoms with van der Waals surface area (Å²) in [6.07, 6.45) is 12.9. The van der Waals surface area contributed by atoms with Gasteiger partial charge in [0.25, 0.3) is 0 Å². The zero-order valence-electron chi connectivity index (χ0n) is 15.8. The number of hydrogen-bond acceptors (Lipinski definition) is 2. The summed E-state index contributed by atoms with van der Waals surface area (Å²) >= 11 is 0. The van der Waals surface area contributed by atoms with Gasteiger partial charge in [-0.1, -0.05) is 64.3 Å². The van der Waals surface area contributed by atoms with Gasteiger partial charge in [0.15, 0.2) is 0 Å². The fourth-order valence-electron chi connectivity index (χ4n) is 3.33. The molecule has 0 unspecified atom stereocenters. The van der Waals surface area contributed by atoms with Crippen molar-refractivity contribution in [3.63, 3.8) is 0 Å². The minimum absolute atomic E-state index is 0.962. The zero-order valence-corrected chi connectivity index (χ0v) is 15.8. The van der Waals surface area contributed by atoms with Crippen molar-refractivity contribution < 1.29 is 0 Å².